The predicted molar refractivity (Wildman–Crippen MR) is 82.8 cm³/mol. The Morgan fingerprint density at radius 1 is 1.27 bits per heavy atom. The Morgan fingerprint density at radius 2 is 1.95 bits per heavy atom. The number of likely N-dealkylation sites (N-methyl/N-ethyl adjacent to an activating group) is 1. The number of benzene rings is 1. The lowest BCUT2D eigenvalue weighted by Gasteiger charge is -2.31. The molecule has 1 N–H and O–H groups in total. The van der Waals surface area contributed by atoms with Crippen molar-refractivity contribution < 1.29 is 19.4 Å². The van der Waals surface area contributed by atoms with Crippen LogP contribution < -0.4 is 0 Å². The van der Waals surface area contributed by atoms with Crippen LogP contribution in [0, 0.1) is 6.92 Å². The summed E-state index contributed by atoms with van der Waals surface area (Å²) in [4.78, 5) is 25.8. The molecule has 1 amide bonds. The Hall–Kier alpha value is -2.04. The van der Waals surface area contributed by atoms with Crippen molar-refractivity contribution in [3.63, 3.8) is 0 Å². The molecule has 0 saturated heterocycles. The molecule has 5 nitrogen and oxygen atoms in total. The number of para-hydroxylation sites is 1. The summed E-state index contributed by atoms with van der Waals surface area (Å²) >= 11 is 0. The lowest BCUT2D eigenvalue weighted by molar-refractivity contribution is -0.135. The monoisotopic (exact) mass is 305 g/mol. The zero-order chi connectivity index (χ0) is 16.1. The van der Waals surface area contributed by atoms with Gasteiger partial charge in [0, 0.05) is 13.1 Å². The van der Waals surface area contributed by atoms with Gasteiger partial charge < -0.3 is 14.7 Å². The first-order valence-corrected chi connectivity index (χ1v) is 7.72. The molecule has 1 fully saturated rings. The van der Waals surface area contributed by atoms with Crippen LogP contribution in [0.15, 0.2) is 18.2 Å². The number of aryl methyl sites for hydroxylation is 1. The third-order valence-electron chi connectivity index (χ3n) is 4.30. The van der Waals surface area contributed by atoms with E-state index in [-0.39, 0.29) is 29.9 Å². The van der Waals surface area contributed by atoms with Crippen molar-refractivity contribution in [2.45, 2.75) is 45.1 Å². The van der Waals surface area contributed by atoms with Gasteiger partial charge in [-0.15, -0.1) is 0 Å². The van der Waals surface area contributed by atoms with Crippen molar-refractivity contribution in [2.24, 2.45) is 0 Å². The number of phenols is 1. The standard InChI is InChI=1S/C17H23NO4/c1-12-7-6-10-14(16(12)20)17(21)22-11-15(19)18(2)13-8-4-3-5-9-13/h6-7,10,13,20H,3-5,8-9,11H2,1-2H3. The third kappa shape index (κ3) is 3.78. The maximum atomic E-state index is 12.1. The van der Waals surface area contributed by atoms with E-state index in [1.165, 1.54) is 12.5 Å². The Bertz CT molecular complexity index is 550. The molecule has 1 saturated carbocycles. The van der Waals surface area contributed by atoms with Crippen LogP contribution in [0.3, 0.4) is 0 Å². The number of hydrogen-bond acceptors (Lipinski definition) is 4. The largest absolute Gasteiger partial charge is 0.507 e. The predicted octanol–water partition coefficient (Wildman–Crippen LogP) is 2.65. The second-order valence-electron chi connectivity index (χ2n) is 5.84. The number of carbonyl (C=O) groups is 2. The van der Waals surface area contributed by atoms with E-state index < -0.39 is 5.97 Å². The molecule has 0 spiro atoms. The van der Waals surface area contributed by atoms with Gasteiger partial charge in [0.2, 0.25) is 0 Å². The molecule has 1 aromatic carbocycles. The summed E-state index contributed by atoms with van der Waals surface area (Å²) in [6.07, 6.45) is 5.52. The van der Waals surface area contributed by atoms with Crippen LogP contribution in [0.5, 0.6) is 5.75 Å². The molecule has 0 aliphatic heterocycles. The molecule has 22 heavy (non-hydrogen) atoms. The first-order valence-electron chi connectivity index (χ1n) is 7.72. The summed E-state index contributed by atoms with van der Waals surface area (Å²) < 4.78 is 5.05. The Labute approximate surface area is 130 Å². The molecule has 1 aliphatic carbocycles. The Morgan fingerprint density at radius 3 is 2.64 bits per heavy atom. The number of nitrogens with zero attached hydrogens (tertiary/aromatic N) is 1. The maximum Gasteiger partial charge on any atom is 0.342 e. The van der Waals surface area contributed by atoms with Gasteiger partial charge in [-0.2, -0.15) is 0 Å². The normalized spacial score (nSPS) is 15.4. The van der Waals surface area contributed by atoms with Gasteiger partial charge >= 0.3 is 5.97 Å². The molecule has 0 atom stereocenters. The third-order valence-corrected chi connectivity index (χ3v) is 4.30. The topological polar surface area (TPSA) is 66.8 Å². The summed E-state index contributed by atoms with van der Waals surface area (Å²) in [5.41, 5.74) is 0.688. The van der Waals surface area contributed by atoms with E-state index >= 15 is 0 Å². The highest BCUT2D eigenvalue weighted by Crippen LogP contribution is 2.23. The molecule has 0 unspecified atom stereocenters. The van der Waals surface area contributed by atoms with Crippen molar-refractivity contribution in [3.05, 3.63) is 29.3 Å². The summed E-state index contributed by atoms with van der Waals surface area (Å²) in [6.45, 7) is 1.41. The highest BCUT2D eigenvalue weighted by Gasteiger charge is 2.23. The second kappa shape index (κ2) is 7.29. The molecule has 2 rings (SSSR count). The minimum absolute atomic E-state index is 0.0909. The molecule has 120 valence electrons. The molecule has 1 aromatic rings. The van der Waals surface area contributed by atoms with Crippen molar-refractivity contribution in [1.82, 2.24) is 4.90 Å². The number of hydrogen-bond donors (Lipinski definition) is 1. The summed E-state index contributed by atoms with van der Waals surface area (Å²) in [5, 5.41) is 9.85. The maximum absolute atomic E-state index is 12.1. The second-order valence-corrected chi connectivity index (χ2v) is 5.84. The van der Waals surface area contributed by atoms with Crippen molar-refractivity contribution in [1.29, 1.82) is 0 Å². The van der Waals surface area contributed by atoms with Crippen molar-refractivity contribution >= 4 is 11.9 Å². The minimum Gasteiger partial charge on any atom is -0.507 e. The van der Waals surface area contributed by atoms with Gasteiger partial charge in [0.05, 0.1) is 0 Å². The van der Waals surface area contributed by atoms with E-state index in [9.17, 15) is 14.7 Å². The number of rotatable bonds is 4. The van der Waals surface area contributed by atoms with Crippen molar-refractivity contribution in [2.75, 3.05) is 13.7 Å². The van der Waals surface area contributed by atoms with E-state index in [4.69, 9.17) is 4.74 Å². The summed E-state index contributed by atoms with van der Waals surface area (Å²) in [7, 11) is 1.76. The first-order chi connectivity index (χ1) is 10.5. The molecule has 5 heteroatoms. The fraction of sp³-hybridized carbons (Fsp3) is 0.529. The highest BCUT2D eigenvalue weighted by molar-refractivity contribution is 5.94. The van der Waals surface area contributed by atoms with Crippen LogP contribution in [0.2, 0.25) is 0 Å². The average Bonchev–Trinajstić information content (AvgIpc) is 2.55. The smallest absolute Gasteiger partial charge is 0.342 e. The minimum atomic E-state index is -0.674. The van der Waals surface area contributed by atoms with Crippen LogP contribution in [0.1, 0.15) is 48.0 Å². The van der Waals surface area contributed by atoms with E-state index in [1.807, 2.05) is 0 Å². The van der Waals surface area contributed by atoms with Gasteiger partial charge in [0.1, 0.15) is 11.3 Å². The van der Waals surface area contributed by atoms with Crippen LogP contribution in [0.4, 0.5) is 0 Å². The summed E-state index contributed by atoms with van der Waals surface area (Å²) in [5.74, 6) is -0.973. The van der Waals surface area contributed by atoms with Gasteiger partial charge in [-0.25, -0.2) is 4.79 Å². The molecule has 0 bridgehead atoms. The van der Waals surface area contributed by atoms with E-state index in [1.54, 1.807) is 31.0 Å². The van der Waals surface area contributed by atoms with Crippen LogP contribution in [0.25, 0.3) is 0 Å². The van der Waals surface area contributed by atoms with Crippen LogP contribution in [-0.2, 0) is 9.53 Å². The molecular weight excluding hydrogens is 282 g/mol. The zero-order valence-corrected chi connectivity index (χ0v) is 13.2. The first kappa shape index (κ1) is 16.3. The van der Waals surface area contributed by atoms with Gasteiger partial charge in [0.15, 0.2) is 6.61 Å². The highest BCUT2D eigenvalue weighted by atomic mass is 16.5. The van der Waals surface area contributed by atoms with Gasteiger partial charge in [-0.1, -0.05) is 31.4 Å². The van der Waals surface area contributed by atoms with E-state index in [0.717, 1.165) is 25.7 Å². The van der Waals surface area contributed by atoms with E-state index in [2.05, 4.69) is 0 Å². The lowest BCUT2D eigenvalue weighted by Crippen LogP contribution is -2.40. The molecule has 0 aromatic heterocycles. The molecule has 1 aliphatic rings. The van der Waals surface area contributed by atoms with Crippen LogP contribution in [-0.4, -0.2) is 41.6 Å². The SMILES string of the molecule is Cc1cccc(C(=O)OCC(=O)N(C)C2CCCCC2)c1O. The number of esters is 1. The number of amides is 1. The quantitative estimate of drug-likeness (QED) is 0.868. The Kier molecular flexibility index (Phi) is 5.41. The van der Waals surface area contributed by atoms with Gasteiger partial charge in [-0.3, -0.25) is 4.79 Å². The average molecular weight is 305 g/mol. The molecular formula is C17H23NO4. The Balaban J connectivity index is 1.90. The number of carbonyl (C=O) groups excluding carboxylic acids is 2. The fourth-order valence-electron chi connectivity index (χ4n) is 2.80. The van der Waals surface area contributed by atoms with Gasteiger partial charge in [-0.05, 0) is 31.4 Å². The zero-order valence-electron chi connectivity index (χ0n) is 13.2. The lowest BCUT2D eigenvalue weighted by atomic mass is 9.94. The number of phenolic OH excluding ortho intramolecular Hbond substituents is 1. The van der Waals surface area contributed by atoms with Crippen molar-refractivity contribution in [3.8, 4) is 5.75 Å². The molecule has 0 heterocycles. The summed E-state index contributed by atoms with van der Waals surface area (Å²) in [6, 6.07) is 5.10. The van der Waals surface area contributed by atoms with Gasteiger partial charge in [0.25, 0.3) is 5.91 Å². The number of aromatic hydroxyl groups is 1. The van der Waals surface area contributed by atoms with E-state index in [0.29, 0.717) is 5.56 Å². The number of ether oxygens (including phenoxy) is 1. The molecule has 0 radical (unpaired) electrons. The fourth-order valence-corrected chi connectivity index (χ4v) is 2.80. The van der Waals surface area contributed by atoms with Crippen LogP contribution >= 0.6 is 0 Å².